The van der Waals surface area contributed by atoms with Crippen molar-refractivity contribution in [1.82, 2.24) is 20.3 Å². The van der Waals surface area contributed by atoms with Gasteiger partial charge in [0, 0.05) is 12.0 Å². The number of hydrogen-bond acceptors (Lipinski definition) is 4. The van der Waals surface area contributed by atoms with Gasteiger partial charge in [-0.2, -0.15) is 5.10 Å². The van der Waals surface area contributed by atoms with Crippen LogP contribution >= 0.6 is 0 Å². The van der Waals surface area contributed by atoms with E-state index < -0.39 is 0 Å². The maximum absolute atomic E-state index is 4.69. The molecule has 0 radical (unpaired) electrons. The third-order valence-electron chi connectivity index (χ3n) is 4.89. The van der Waals surface area contributed by atoms with Crippen molar-refractivity contribution in [3.05, 3.63) is 75.6 Å². The first-order valence-corrected chi connectivity index (χ1v) is 8.54. The standard InChI is InChI=1S/C20H21N5/c1-12-5-7-16(14(3)9-12)18-11-19(22-25-20(18)21-23-24-25)17-8-6-13(2)10-15(17)4/h5-10,18H,11H2,1-4H3. The Labute approximate surface area is 147 Å². The molecule has 1 aromatic heterocycles. The lowest BCUT2D eigenvalue weighted by atomic mass is 9.85. The summed E-state index contributed by atoms with van der Waals surface area (Å²) in [6.45, 7) is 8.51. The first kappa shape index (κ1) is 15.7. The average molecular weight is 331 g/mol. The fourth-order valence-electron chi connectivity index (χ4n) is 3.68. The summed E-state index contributed by atoms with van der Waals surface area (Å²) in [5.74, 6) is 0.921. The highest BCUT2D eigenvalue weighted by Gasteiger charge is 2.29. The quantitative estimate of drug-likeness (QED) is 0.719. The molecule has 126 valence electrons. The van der Waals surface area contributed by atoms with E-state index in [4.69, 9.17) is 0 Å². The number of benzene rings is 2. The van der Waals surface area contributed by atoms with E-state index in [0.717, 1.165) is 18.0 Å². The van der Waals surface area contributed by atoms with E-state index >= 15 is 0 Å². The normalized spacial score (nSPS) is 16.5. The number of aryl methyl sites for hydroxylation is 4. The fourth-order valence-corrected chi connectivity index (χ4v) is 3.68. The van der Waals surface area contributed by atoms with Crippen LogP contribution in [0.5, 0.6) is 0 Å². The van der Waals surface area contributed by atoms with Gasteiger partial charge in [-0.05, 0) is 54.8 Å². The molecular weight excluding hydrogens is 310 g/mol. The first-order chi connectivity index (χ1) is 12.0. The molecular formula is C20H21N5. The highest BCUT2D eigenvalue weighted by Crippen LogP contribution is 2.34. The molecule has 0 N–H and O–H groups in total. The summed E-state index contributed by atoms with van der Waals surface area (Å²) in [4.78, 5) is 1.59. The number of fused-ring (bicyclic) bond motifs is 1. The van der Waals surface area contributed by atoms with E-state index in [-0.39, 0.29) is 5.92 Å². The Kier molecular flexibility index (Phi) is 3.71. The van der Waals surface area contributed by atoms with Gasteiger partial charge in [0.1, 0.15) is 0 Å². The number of tetrazole rings is 1. The molecule has 5 nitrogen and oxygen atoms in total. The van der Waals surface area contributed by atoms with Crippen LogP contribution in [0.2, 0.25) is 0 Å². The predicted octanol–water partition coefficient (Wildman–Crippen LogP) is 3.69. The topological polar surface area (TPSA) is 56.0 Å². The summed E-state index contributed by atoms with van der Waals surface area (Å²) >= 11 is 0. The minimum Gasteiger partial charge on any atom is -0.152 e. The van der Waals surface area contributed by atoms with Crippen LogP contribution in [0.25, 0.3) is 0 Å². The van der Waals surface area contributed by atoms with Crippen molar-refractivity contribution in [1.29, 1.82) is 0 Å². The molecule has 1 aliphatic rings. The summed E-state index contributed by atoms with van der Waals surface area (Å²) in [5.41, 5.74) is 8.48. The van der Waals surface area contributed by atoms with Gasteiger partial charge in [0.25, 0.3) is 0 Å². The molecule has 3 aromatic rings. The molecule has 4 rings (SSSR count). The zero-order valence-corrected chi connectivity index (χ0v) is 15.0. The molecule has 1 aliphatic heterocycles. The number of aromatic nitrogens is 4. The van der Waals surface area contributed by atoms with Crippen LogP contribution in [0.1, 0.15) is 51.5 Å². The van der Waals surface area contributed by atoms with Crippen LogP contribution < -0.4 is 0 Å². The minimum atomic E-state index is 0.115. The molecule has 0 fully saturated rings. The second-order valence-corrected chi connectivity index (χ2v) is 6.91. The molecule has 0 spiro atoms. The number of nitrogens with zero attached hydrogens (tertiary/aromatic N) is 5. The van der Waals surface area contributed by atoms with Gasteiger partial charge in [-0.25, -0.2) is 0 Å². The highest BCUT2D eigenvalue weighted by atomic mass is 15.7. The average Bonchev–Trinajstić information content (AvgIpc) is 3.02. The number of rotatable bonds is 2. The molecule has 2 heterocycles. The van der Waals surface area contributed by atoms with Crippen LogP contribution in [0.3, 0.4) is 0 Å². The second kappa shape index (κ2) is 5.92. The zero-order valence-electron chi connectivity index (χ0n) is 15.0. The van der Waals surface area contributed by atoms with E-state index in [1.807, 2.05) is 0 Å². The van der Waals surface area contributed by atoms with Crippen molar-refractivity contribution in [2.24, 2.45) is 5.10 Å². The molecule has 0 bridgehead atoms. The Morgan fingerprint density at radius 2 is 1.64 bits per heavy atom. The molecule has 0 saturated carbocycles. The predicted molar refractivity (Wildman–Crippen MR) is 98.0 cm³/mol. The molecule has 0 amide bonds. The van der Waals surface area contributed by atoms with Gasteiger partial charge in [-0.1, -0.05) is 47.5 Å². The Morgan fingerprint density at radius 3 is 2.36 bits per heavy atom. The van der Waals surface area contributed by atoms with E-state index in [2.05, 4.69) is 84.7 Å². The summed E-state index contributed by atoms with van der Waals surface area (Å²) < 4.78 is 0. The molecule has 1 atom stereocenters. The summed E-state index contributed by atoms with van der Waals surface area (Å²) in [6, 6.07) is 13.0. The van der Waals surface area contributed by atoms with Crippen molar-refractivity contribution in [3.63, 3.8) is 0 Å². The minimum absolute atomic E-state index is 0.115. The monoisotopic (exact) mass is 331 g/mol. The van der Waals surface area contributed by atoms with Crippen LogP contribution in [0.15, 0.2) is 41.5 Å². The van der Waals surface area contributed by atoms with Gasteiger partial charge in [0.05, 0.1) is 11.6 Å². The largest absolute Gasteiger partial charge is 0.184 e. The summed E-state index contributed by atoms with van der Waals surface area (Å²) in [5, 5.41) is 16.8. The molecule has 25 heavy (non-hydrogen) atoms. The lowest BCUT2D eigenvalue weighted by molar-refractivity contribution is 0.601. The Hall–Kier alpha value is -2.82. The Balaban J connectivity index is 1.83. The van der Waals surface area contributed by atoms with Crippen molar-refractivity contribution in [2.75, 3.05) is 0 Å². The van der Waals surface area contributed by atoms with Crippen molar-refractivity contribution < 1.29 is 0 Å². The van der Waals surface area contributed by atoms with Crippen molar-refractivity contribution in [2.45, 2.75) is 40.0 Å². The molecule has 1 unspecified atom stereocenters. The van der Waals surface area contributed by atoms with Gasteiger partial charge in [0.2, 0.25) is 0 Å². The van der Waals surface area contributed by atoms with E-state index in [1.54, 1.807) is 4.79 Å². The van der Waals surface area contributed by atoms with Gasteiger partial charge in [-0.15, -0.1) is 9.89 Å². The highest BCUT2D eigenvalue weighted by molar-refractivity contribution is 6.02. The van der Waals surface area contributed by atoms with Gasteiger partial charge in [0.15, 0.2) is 5.82 Å². The van der Waals surface area contributed by atoms with E-state index in [0.29, 0.717) is 0 Å². The zero-order chi connectivity index (χ0) is 17.6. The molecule has 5 heteroatoms. The second-order valence-electron chi connectivity index (χ2n) is 6.91. The molecule has 0 saturated heterocycles. The Bertz CT molecular complexity index is 984. The van der Waals surface area contributed by atoms with Crippen molar-refractivity contribution >= 4 is 5.71 Å². The number of hydrogen-bond donors (Lipinski definition) is 0. The lowest BCUT2D eigenvalue weighted by Gasteiger charge is -2.23. The van der Waals surface area contributed by atoms with Crippen molar-refractivity contribution in [3.8, 4) is 0 Å². The summed E-state index contributed by atoms with van der Waals surface area (Å²) in [6.07, 6.45) is 0.800. The smallest absolute Gasteiger partial charge is 0.152 e. The fraction of sp³-hybridized carbons (Fsp3) is 0.300. The SMILES string of the molecule is Cc1ccc(C2=Nn3nnnc3C(c3ccc(C)cc3C)C2)c(C)c1. The van der Waals surface area contributed by atoms with E-state index in [1.165, 1.54) is 33.4 Å². The van der Waals surface area contributed by atoms with Crippen LogP contribution in [-0.4, -0.2) is 26.0 Å². The lowest BCUT2D eigenvalue weighted by Crippen LogP contribution is -2.22. The van der Waals surface area contributed by atoms with E-state index in [9.17, 15) is 0 Å². The maximum Gasteiger partial charge on any atom is 0.184 e. The van der Waals surface area contributed by atoms with Crippen LogP contribution in [0.4, 0.5) is 0 Å². The van der Waals surface area contributed by atoms with Gasteiger partial charge in [-0.3, -0.25) is 0 Å². The summed E-state index contributed by atoms with van der Waals surface area (Å²) in [7, 11) is 0. The third-order valence-corrected chi connectivity index (χ3v) is 4.89. The van der Waals surface area contributed by atoms with Gasteiger partial charge >= 0.3 is 0 Å². The van der Waals surface area contributed by atoms with Crippen LogP contribution in [0, 0.1) is 27.7 Å². The van der Waals surface area contributed by atoms with Crippen LogP contribution in [-0.2, 0) is 0 Å². The first-order valence-electron chi connectivity index (χ1n) is 8.54. The third kappa shape index (κ3) is 2.76. The molecule has 0 aliphatic carbocycles. The molecule has 2 aromatic carbocycles. The maximum atomic E-state index is 4.69. The Morgan fingerprint density at radius 1 is 0.920 bits per heavy atom. The van der Waals surface area contributed by atoms with Gasteiger partial charge < -0.3 is 0 Å².